The van der Waals surface area contributed by atoms with Gasteiger partial charge in [-0.05, 0) is 35.9 Å². The molecule has 140 valence electrons. The van der Waals surface area contributed by atoms with E-state index in [1.54, 1.807) is 12.1 Å². The summed E-state index contributed by atoms with van der Waals surface area (Å²) in [6.07, 6.45) is -3.30. The molecular weight excluding hydrogens is 386 g/mol. The average molecular weight is 398 g/mol. The first-order valence-electron chi connectivity index (χ1n) is 7.63. The molecule has 27 heavy (non-hydrogen) atoms. The first kappa shape index (κ1) is 18.8. The Kier molecular flexibility index (Phi) is 5.41. The van der Waals surface area contributed by atoms with E-state index in [2.05, 4.69) is 25.8 Å². The van der Waals surface area contributed by atoms with Gasteiger partial charge in [0.05, 0.1) is 16.8 Å². The van der Waals surface area contributed by atoms with Gasteiger partial charge < -0.3 is 10.6 Å². The van der Waals surface area contributed by atoms with Gasteiger partial charge in [-0.25, -0.2) is 4.39 Å². The third-order valence-corrected chi connectivity index (χ3v) is 3.80. The second-order valence-corrected chi connectivity index (χ2v) is 5.87. The molecular formula is C17H12ClF4N5. The van der Waals surface area contributed by atoms with Gasteiger partial charge in [-0.2, -0.15) is 23.3 Å². The smallest absolute Gasteiger partial charge is 0.349 e. The van der Waals surface area contributed by atoms with Crippen molar-refractivity contribution in [1.29, 1.82) is 0 Å². The standard InChI is InChI=1S/C17H12ClF4N5/c18-14-6-5-12(7-13(14)17(20,21)22)25-15-9-24-27-16(26-15)23-8-10-1-3-11(19)4-2-10/h1-7,9H,8H2,(H2,23,25,26,27). The lowest BCUT2D eigenvalue weighted by Gasteiger charge is -2.12. The van der Waals surface area contributed by atoms with Gasteiger partial charge in [-0.1, -0.05) is 23.7 Å². The van der Waals surface area contributed by atoms with Crippen LogP contribution in [0.15, 0.2) is 48.7 Å². The van der Waals surface area contributed by atoms with E-state index in [4.69, 9.17) is 11.6 Å². The second-order valence-electron chi connectivity index (χ2n) is 5.46. The molecule has 0 fully saturated rings. The largest absolute Gasteiger partial charge is 0.417 e. The van der Waals surface area contributed by atoms with Crippen LogP contribution in [0.4, 0.5) is 35.0 Å². The van der Waals surface area contributed by atoms with Crippen LogP contribution in [-0.4, -0.2) is 15.2 Å². The molecule has 3 aromatic rings. The lowest BCUT2D eigenvalue weighted by atomic mass is 10.2. The zero-order chi connectivity index (χ0) is 19.4. The lowest BCUT2D eigenvalue weighted by molar-refractivity contribution is -0.137. The summed E-state index contributed by atoms with van der Waals surface area (Å²) in [6, 6.07) is 9.28. The summed E-state index contributed by atoms with van der Waals surface area (Å²) >= 11 is 5.60. The highest BCUT2D eigenvalue weighted by Crippen LogP contribution is 2.36. The van der Waals surface area contributed by atoms with Crippen LogP contribution in [0.2, 0.25) is 5.02 Å². The molecule has 0 aliphatic carbocycles. The van der Waals surface area contributed by atoms with Crippen molar-refractivity contribution in [3.8, 4) is 0 Å². The van der Waals surface area contributed by atoms with E-state index in [1.807, 2.05) is 0 Å². The van der Waals surface area contributed by atoms with Crippen molar-refractivity contribution in [2.45, 2.75) is 12.7 Å². The van der Waals surface area contributed by atoms with Crippen LogP contribution in [0, 0.1) is 5.82 Å². The summed E-state index contributed by atoms with van der Waals surface area (Å²) in [5, 5.41) is 12.8. The van der Waals surface area contributed by atoms with Gasteiger partial charge in [0, 0.05) is 12.2 Å². The summed E-state index contributed by atoms with van der Waals surface area (Å²) < 4.78 is 51.7. The Bertz CT molecular complexity index is 931. The van der Waals surface area contributed by atoms with Gasteiger partial charge in [0.2, 0.25) is 5.95 Å². The molecule has 0 saturated heterocycles. The molecule has 10 heteroatoms. The van der Waals surface area contributed by atoms with E-state index in [9.17, 15) is 17.6 Å². The number of anilines is 3. The number of nitrogens with one attached hydrogen (secondary N) is 2. The van der Waals surface area contributed by atoms with E-state index < -0.39 is 16.8 Å². The fraction of sp³-hybridized carbons (Fsp3) is 0.118. The maximum absolute atomic E-state index is 12.9. The molecule has 2 N–H and O–H groups in total. The van der Waals surface area contributed by atoms with Crippen LogP contribution in [0.3, 0.4) is 0 Å². The fourth-order valence-electron chi connectivity index (χ4n) is 2.19. The molecule has 0 spiro atoms. The summed E-state index contributed by atoms with van der Waals surface area (Å²) in [5.74, 6) is 0.0143. The van der Waals surface area contributed by atoms with Gasteiger partial charge in [-0.3, -0.25) is 0 Å². The molecule has 0 bridgehead atoms. The zero-order valence-corrected chi connectivity index (χ0v) is 14.3. The Morgan fingerprint density at radius 3 is 2.48 bits per heavy atom. The Hall–Kier alpha value is -2.94. The quantitative estimate of drug-likeness (QED) is 0.591. The van der Waals surface area contributed by atoms with Crippen molar-refractivity contribution in [3.63, 3.8) is 0 Å². The van der Waals surface area contributed by atoms with Gasteiger partial charge in [0.15, 0.2) is 5.82 Å². The molecule has 0 aliphatic rings. The van der Waals surface area contributed by atoms with Crippen molar-refractivity contribution >= 4 is 29.1 Å². The van der Waals surface area contributed by atoms with Gasteiger partial charge in [0.25, 0.3) is 0 Å². The minimum atomic E-state index is -4.57. The number of hydrogen-bond acceptors (Lipinski definition) is 5. The van der Waals surface area contributed by atoms with Crippen molar-refractivity contribution in [1.82, 2.24) is 15.2 Å². The molecule has 1 aromatic heterocycles. The highest BCUT2D eigenvalue weighted by atomic mass is 35.5. The Morgan fingerprint density at radius 2 is 1.78 bits per heavy atom. The van der Waals surface area contributed by atoms with E-state index >= 15 is 0 Å². The van der Waals surface area contributed by atoms with Gasteiger partial charge in [0.1, 0.15) is 5.82 Å². The Balaban J connectivity index is 1.71. The van der Waals surface area contributed by atoms with Crippen LogP contribution < -0.4 is 10.6 Å². The minimum Gasteiger partial charge on any atom is -0.349 e. The molecule has 0 amide bonds. The van der Waals surface area contributed by atoms with Crippen molar-refractivity contribution in [2.75, 3.05) is 10.6 Å². The summed E-state index contributed by atoms with van der Waals surface area (Å²) in [5.41, 5.74) is -0.00608. The number of nitrogens with zero attached hydrogens (tertiary/aromatic N) is 3. The molecule has 0 unspecified atom stereocenters. The zero-order valence-electron chi connectivity index (χ0n) is 13.6. The lowest BCUT2D eigenvalue weighted by Crippen LogP contribution is -2.08. The predicted octanol–water partition coefficient (Wildman–Crippen LogP) is 5.04. The topological polar surface area (TPSA) is 62.7 Å². The number of rotatable bonds is 5. The van der Waals surface area contributed by atoms with Crippen molar-refractivity contribution in [2.24, 2.45) is 0 Å². The highest BCUT2D eigenvalue weighted by Gasteiger charge is 2.33. The van der Waals surface area contributed by atoms with Crippen molar-refractivity contribution < 1.29 is 17.6 Å². The Morgan fingerprint density at radius 1 is 1.04 bits per heavy atom. The molecule has 3 rings (SSSR count). The third kappa shape index (κ3) is 5.04. The summed E-state index contributed by atoms with van der Waals surface area (Å²) in [6.45, 7) is 0.324. The number of alkyl halides is 3. The van der Waals surface area contributed by atoms with Crippen molar-refractivity contribution in [3.05, 3.63) is 70.6 Å². The van der Waals surface area contributed by atoms with E-state index in [-0.39, 0.29) is 23.3 Å². The molecule has 1 heterocycles. The fourth-order valence-corrected chi connectivity index (χ4v) is 2.41. The molecule has 2 aromatic carbocycles. The summed E-state index contributed by atoms with van der Waals surface area (Å²) in [4.78, 5) is 4.13. The number of hydrogen-bond donors (Lipinski definition) is 2. The molecule has 0 radical (unpaired) electrons. The normalized spacial score (nSPS) is 11.3. The molecule has 5 nitrogen and oxygen atoms in total. The van der Waals surface area contributed by atoms with Crippen LogP contribution in [-0.2, 0) is 12.7 Å². The molecule has 0 saturated carbocycles. The number of benzene rings is 2. The second kappa shape index (κ2) is 7.75. The maximum Gasteiger partial charge on any atom is 0.417 e. The molecule has 0 aliphatic heterocycles. The average Bonchev–Trinajstić information content (AvgIpc) is 2.62. The monoisotopic (exact) mass is 397 g/mol. The van der Waals surface area contributed by atoms with Crippen LogP contribution >= 0.6 is 11.6 Å². The maximum atomic E-state index is 12.9. The SMILES string of the molecule is Fc1ccc(CNc2nncc(Nc3ccc(Cl)c(C(F)(F)F)c3)n2)cc1. The van der Waals surface area contributed by atoms with Crippen LogP contribution in [0.1, 0.15) is 11.1 Å². The minimum absolute atomic E-state index is 0.150. The van der Waals surface area contributed by atoms with E-state index in [0.29, 0.717) is 6.54 Å². The highest BCUT2D eigenvalue weighted by molar-refractivity contribution is 6.31. The van der Waals surface area contributed by atoms with Gasteiger partial charge in [-0.15, -0.1) is 5.10 Å². The summed E-state index contributed by atoms with van der Waals surface area (Å²) in [7, 11) is 0. The van der Waals surface area contributed by atoms with Crippen LogP contribution in [0.25, 0.3) is 0 Å². The van der Waals surface area contributed by atoms with Gasteiger partial charge >= 0.3 is 6.18 Å². The molecule has 0 atom stereocenters. The first-order valence-corrected chi connectivity index (χ1v) is 8.01. The number of aromatic nitrogens is 3. The van der Waals surface area contributed by atoms with E-state index in [1.165, 1.54) is 24.4 Å². The van der Waals surface area contributed by atoms with Crippen LogP contribution in [0.5, 0.6) is 0 Å². The third-order valence-electron chi connectivity index (χ3n) is 3.47. The first-order chi connectivity index (χ1) is 12.8. The van der Waals surface area contributed by atoms with E-state index in [0.717, 1.165) is 17.7 Å². The number of halogens is 5. The predicted molar refractivity (Wildman–Crippen MR) is 93.3 cm³/mol. The Labute approximate surface area is 156 Å².